The quantitative estimate of drug-likeness (QED) is 0.509. The summed E-state index contributed by atoms with van der Waals surface area (Å²) in [5.74, 6) is -1.32. The summed E-state index contributed by atoms with van der Waals surface area (Å²) in [6.07, 6.45) is 1.21. The molecular formula is C5H6O6Si. The van der Waals surface area contributed by atoms with Crippen LogP contribution in [-0.4, -0.2) is 29.4 Å². The number of hydrogen-bond acceptors (Lipinski definition) is 6. The summed E-state index contributed by atoms with van der Waals surface area (Å²) < 4.78 is 8.41. The van der Waals surface area contributed by atoms with Gasteiger partial charge in [-0.2, -0.15) is 0 Å². The summed E-state index contributed by atoms with van der Waals surface area (Å²) in [4.78, 5) is 35.8. The molecule has 0 aliphatic heterocycles. The average molecular weight is 190 g/mol. The lowest BCUT2D eigenvalue weighted by atomic mass is 10.5. The van der Waals surface area contributed by atoms with Crippen molar-refractivity contribution in [3.05, 3.63) is 24.2 Å². The van der Waals surface area contributed by atoms with Crippen LogP contribution in [0.15, 0.2) is 22.8 Å². The first-order valence-corrected chi connectivity index (χ1v) is 4.68. The van der Waals surface area contributed by atoms with Crippen LogP contribution < -0.4 is 0 Å². The van der Waals surface area contributed by atoms with Gasteiger partial charge in [-0.1, -0.05) is 0 Å². The Morgan fingerprint density at radius 2 is 2.17 bits per heavy atom. The van der Waals surface area contributed by atoms with E-state index in [0.717, 1.165) is 0 Å². The molecule has 1 aromatic heterocycles. The highest BCUT2D eigenvalue weighted by Gasteiger charge is 2.37. The maximum absolute atomic E-state index is 10.8. The molecule has 0 spiro atoms. The topological polar surface area (TPSA) is 100 Å². The molecule has 0 amide bonds. The molecule has 0 bridgehead atoms. The normalized spacial score (nSPS) is 11.2. The molecule has 0 saturated heterocycles. The molecule has 0 aromatic carbocycles. The molecule has 0 radical (unpaired) electrons. The van der Waals surface area contributed by atoms with Crippen molar-refractivity contribution in [2.75, 3.05) is 0 Å². The van der Waals surface area contributed by atoms with E-state index < -0.39 is 15.0 Å². The van der Waals surface area contributed by atoms with Crippen LogP contribution in [0, 0.1) is 0 Å². The molecule has 3 N–H and O–H groups in total. The van der Waals surface area contributed by atoms with Crippen molar-refractivity contribution in [3.8, 4) is 0 Å². The Balaban J connectivity index is 2.63. The van der Waals surface area contributed by atoms with Crippen LogP contribution >= 0.6 is 0 Å². The molecular weight excluding hydrogens is 184 g/mol. The molecule has 7 heteroatoms. The van der Waals surface area contributed by atoms with Crippen molar-refractivity contribution in [1.82, 2.24) is 0 Å². The Morgan fingerprint density at radius 3 is 2.58 bits per heavy atom. The Morgan fingerprint density at radius 1 is 1.50 bits per heavy atom. The molecule has 1 aromatic rings. The van der Waals surface area contributed by atoms with E-state index in [1.807, 2.05) is 0 Å². The fourth-order valence-electron chi connectivity index (χ4n) is 0.569. The molecule has 1 heterocycles. The van der Waals surface area contributed by atoms with E-state index in [0.29, 0.717) is 0 Å². The van der Waals surface area contributed by atoms with Gasteiger partial charge >= 0.3 is 15.0 Å². The predicted octanol–water partition coefficient (Wildman–Crippen LogP) is -1.15. The summed E-state index contributed by atoms with van der Waals surface area (Å²) >= 11 is 0. The predicted molar refractivity (Wildman–Crippen MR) is 36.5 cm³/mol. The van der Waals surface area contributed by atoms with Gasteiger partial charge in [0.15, 0.2) is 0 Å². The lowest BCUT2D eigenvalue weighted by molar-refractivity contribution is 0.0369. The first-order chi connectivity index (χ1) is 5.49. The van der Waals surface area contributed by atoms with E-state index >= 15 is 0 Å². The van der Waals surface area contributed by atoms with E-state index in [9.17, 15) is 4.79 Å². The molecule has 12 heavy (non-hydrogen) atoms. The third-order valence-electron chi connectivity index (χ3n) is 0.952. The minimum Gasteiger partial charge on any atom is -0.457 e. The van der Waals surface area contributed by atoms with E-state index in [4.69, 9.17) is 14.4 Å². The van der Waals surface area contributed by atoms with Crippen molar-refractivity contribution in [3.63, 3.8) is 0 Å². The molecule has 0 aliphatic rings. The second-order valence-corrected chi connectivity index (χ2v) is 3.29. The highest BCUT2D eigenvalue weighted by Crippen LogP contribution is 2.04. The Hall–Kier alpha value is -1.15. The zero-order valence-corrected chi connectivity index (χ0v) is 6.80. The zero-order chi connectivity index (χ0) is 9.19. The SMILES string of the molecule is O=C(O[Si](O)(O)O)c1ccco1. The van der Waals surface area contributed by atoms with E-state index in [2.05, 4.69) is 8.84 Å². The summed E-state index contributed by atoms with van der Waals surface area (Å²) in [6, 6.07) is 2.69. The standard InChI is InChI=1S/C5H6O6Si/c6-5(11-12(7,8)9)4-2-1-3-10-4/h1-3,7-9H. The fourth-order valence-corrected chi connectivity index (χ4v) is 0.919. The Bertz CT molecular complexity index is 260. The maximum Gasteiger partial charge on any atom is 0.743 e. The minimum atomic E-state index is -4.79. The molecule has 0 unspecified atom stereocenters. The van der Waals surface area contributed by atoms with Gasteiger partial charge < -0.3 is 23.2 Å². The van der Waals surface area contributed by atoms with E-state index in [1.165, 1.54) is 18.4 Å². The van der Waals surface area contributed by atoms with Gasteiger partial charge in [0.2, 0.25) is 5.76 Å². The number of furan rings is 1. The first kappa shape index (κ1) is 8.94. The highest BCUT2D eigenvalue weighted by molar-refractivity contribution is 6.51. The monoisotopic (exact) mass is 190 g/mol. The van der Waals surface area contributed by atoms with Crippen molar-refractivity contribution in [2.45, 2.75) is 0 Å². The van der Waals surface area contributed by atoms with Crippen LogP contribution in [0.3, 0.4) is 0 Å². The third-order valence-corrected chi connectivity index (χ3v) is 1.41. The summed E-state index contributed by atoms with van der Waals surface area (Å²) in [5, 5.41) is 0. The zero-order valence-electron chi connectivity index (χ0n) is 5.80. The van der Waals surface area contributed by atoms with Crippen LogP contribution in [0.4, 0.5) is 0 Å². The Kier molecular flexibility index (Phi) is 2.29. The van der Waals surface area contributed by atoms with Gasteiger partial charge in [0.25, 0.3) is 0 Å². The lowest BCUT2D eigenvalue weighted by Gasteiger charge is -2.07. The van der Waals surface area contributed by atoms with Gasteiger partial charge in [-0.05, 0) is 12.1 Å². The van der Waals surface area contributed by atoms with Gasteiger partial charge in [0, 0.05) is 0 Å². The second kappa shape index (κ2) is 3.07. The summed E-state index contributed by atoms with van der Waals surface area (Å²) in [7, 11) is -4.79. The van der Waals surface area contributed by atoms with Crippen LogP contribution in [0.5, 0.6) is 0 Å². The Labute approximate surface area is 68.1 Å². The fraction of sp³-hybridized carbons (Fsp3) is 0. The summed E-state index contributed by atoms with van der Waals surface area (Å²) in [6.45, 7) is 0. The van der Waals surface area contributed by atoms with Crippen LogP contribution in [-0.2, 0) is 4.43 Å². The number of carbonyl (C=O) groups excluding carboxylic acids is 1. The average Bonchev–Trinajstić information content (AvgIpc) is 2.32. The van der Waals surface area contributed by atoms with Gasteiger partial charge in [0.1, 0.15) is 0 Å². The van der Waals surface area contributed by atoms with Crippen molar-refractivity contribution in [2.24, 2.45) is 0 Å². The van der Waals surface area contributed by atoms with E-state index in [-0.39, 0.29) is 5.76 Å². The van der Waals surface area contributed by atoms with Crippen molar-refractivity contribution >= 4 is 15.0 Å². The summed E-state index contributed by atoms with van der Waals surface area (Å²) in [5.41, 5.74) is 0. The highest BCUT2D eigenvalue weighted by atomic mass is 28.4. The molecule has 0 aliphatic carbocycles. The minimum absolute atomic E-state index is 0.205. The van der Waals surface area contributed by atoms with Gasteiger partial charge in [-0.3, -0.25) is 0 Å². The van der Waals surface area contributed by atoms with Crippen molar-refractivity contribution < 1.29 is 28.0 Å². The molecule has 1 rings (SSSR count). The van der Waals surface area contributed by atoms with E-state index in [1.54, 1.807) is 0 Å². The van der Waals surface area contributed by atoms with Crippen molar-refractivity contribution in [1.29, 1.82) is 0 Å². The van der Waals surface area contributed by atoms with Crippen LogP contribution in [0.1, 0.15) is 10.6 Å². The second-order valence-electron chi connectivity index (χ2n) is 1.94. The van der Waals surface area contributed by atoms with Crippen LogP contribution in [0.25, 0.3) is 0 Å². The lowest BCUT2D eigenvalue weighted by Crippen LogP contribution is -2.41. The van der Waals surface area contributed by atoms with Gasteiger partial charge in [-0.15, -0.1) is 0 Å². The number of hydrogen-bond donors (Lipinski definition) is 3. The molecule has 0 atom stereocenters. The molecule has 66 valence electrons. The maximum atomic E-state index is 10.8. The van der Waals surface area contributed by atoms with Gasteiger partial charge in [0.05, 0.1) is 6.26 Å². The number of rotatable bonds is 2. The molecule has 0 saturated carbocycles. The molecule has 0 fully saturated rings. The first-order valence-electron chi connectivity index (χ1n) is 2.93. The van der Waals surface area contributed by atoms with Gasteiger partial charge in [-0.25, -0.2) is 4.79 Å². The smallest absolute Gasteiger partial charge is 0.457 e. The van der Waals surface area contributed by atoms with Crippen LogP contribution in [0.2, 0.25) is 0 Å². The number of carbonyl (C=O) groups is 1. The molecule has 6 nitrogen and oxygen atoms in total. The largest absolute Gasteiger partial charge is 0.743 e. The third kappa shape index (κ3) is 2.47.